The van der Waals surface area contributed by atoms with Crippen molar-refractivity contribution < 1.29 is 9.90 Å². The molecule has 3 nitrogen and oxygen atoms in total. The Kier molecular flexibility index (Phi) is 3.60. The summed E-state index contributed by atoms with van der Waals surface area (Å²) in [7, 11) is 0. The maximum atomic E-state index is 11.8. The fourth-order valence-corrected chi connectivity index (χ4v) is 2.29. The third kappa shape index (κ3) is 2.84. The van der Waals surface area contributed by atoms with Crippen molar-refractivity contribution in [1.82, 2.24) is 5.32 Å². The average Bonchev–Trinajstić information content (AvgIpc) is 3.11. The van der Waals surface area contributed by atoms with E-state index in [9.17, 15) is 9.90 Å². The highest BCUT2D eigenvalue weighted by Crippen LogP contribution is 2.51. The number of amides is 1. The Bertz CT molecular complexity index is 436. The minimum Gasteiger partial charge on any atom is -0.508 e. The quantitative estimate of drug-likeness (QED) is 0.840. The zero-order valence-electron chi connectivity index (χ0n) is 11.1. The largest absolute Gasteiger partial charge is 0.508 e. The molecule has 2 N–H and O–H groups in total. The zero-order valence-corrected chi connectivity index (χ0v) is 11.1. The first-order chi connectivity index (χ1) is 8.53. The lowest BCUT2D eigenvalue weighted by Crippen LogP contribution is -2.33. The lowest BCUT2D eigenvalue weighted by Gasteiger charge is -2.20. The SMILES string of the molecule is CC(C)C1(CNC(=O)Cc2ccccc2O)CC1. The molecule has 1 fully saturated rings. The van der Waals surface area contributed by atoms with Crippen molar-refractivity contribution in [3.8, 4) is 5.75 Å². The average molecular weight is 247 g/mol. The maximum absolute atomic E-state index is 11.8. The Morgan fingerprint density at radius 3 is 2.61 bits per heavy atom. The van der Waals surface area contributed by atoms with E-state index in [2.05, 4.69) is 19.2 Å². The molecule has 0 bridgehead atoms. The molecule has 0 heterocycles. The number of nitrogens with one attached hydrogen (secondary N) is 1. The van der Waals surface area contributed by atoms with Gasteiger partial charge in [0, 0.05) is 12.1 Å². The Balaban J connectivity index is 1.85. The Morgan fingerprint density at radius 2 is 2.06 bits per heavy atom. The first-order valence-electron chi connectivity index (χ1n) is 6.57. The number of phenols is 1. The van der Waals surface area contributed by atoms with Crippen LogP contribution in [0.4, 0.5) is 0 Å². The predicted octanol–water partition coefficient (Wildman–Crippen LogP) is 2.49. The zero-order chi connectivity index (χ0) is 13.2. The summed E-state index contributed by atoms with van der Waals surface area (Å²) in [6.07, 6.45) is 2.67. The molecule has 1 aliphatic rings. The number of benzene rings is 1. The van der Waals surface area contributed by atoms with Crippen molar-refractivity contribution in [2.75, 3.05) is 6.54 Å². The number of phenolic OH excluding ortho intramolecular Hbond substituents is 1. The van der Waals surface area contributed by atoms with Crippen molar-refractivity contribution in [3.05, 3.63) is 29.8 Å². The van der Waals surface area contributed by atoms with Gasteiger partial charge in [0.2, 0.25) is 5.91 Å². The molecule has 1 aliphatic carbocycles. The van der Waals surface area contributed by atoms with Crippen LogP contribution in [-0.4, -0.2) is 17.6 Å². The third-order valence-corrected chi connectivity index (χ3v) is 4.10. The van der Waals surface area contributed by atoms with Crippen LogP contribution in [0.5, 0.6) is 5.75 Å². The molecule has 1 saturated carbocycles. The molecule has 1 aromatic carbocycles. The smallest absolute Gasteiger partial charge is 0.224 e. The number of para-hydroxylation sites is 1. The van der Waals surface area contributed by atoms with Crippen molar-refractivity contribution in [3.63, 3.8) is 0 Å². The second-order valence-corrected chi connectivity index (χ2v) is 5.60. The fourth-order valence-electron chi connectivity index (χ4n) is 2.29. The Labute approximate surface area is 108 Å². The van der Waals surface area contributed by atoms with Crippen molar-refractivity contribution in [2.24, 2.45) is 11.3 Å². The molecule has 0 radical (unpaired) electrons. The molecule has 1 amide bonds. The van der Waals surface area contributed by atoms with Crippen molar-refractivity contribution >= 4 is 5.91 Å². The van der Waals surface area contributed by atoms with Gasteiger partial charge in [-0.05, 0) is 30.2 Å². The van der Waals surface area contributed by atoms with Crippen LogP contribution >= 0.6 is 0 Å². The minimum atomic E-state index is -0.0107. The second kappa shape index (κ2) is 5.01. The van der Waals surface area contributed by atoms with Crippen LogP contribution in [-0.2, 0) is 11.2 Å². The van der Waals surface area contributed by atoms with Gasteiger partial charge in [0.1, 0.15) is 5.75 Å². The minimum absolute atomic E-state index is 0.0107. The van der Waals surface area contributed by atoms with Crippen LogP contribution < -0.4 is 5.32 Å². The van der Waals surface area contributed by atoms with Crippen LogP contribution in [0.1, 0.15) is 32.3 Å². The van der Waals surface area contributed by atoms with Gasteiger partial charge in [0.15, 0.2) is 0 Å². The first kappa shape index (κ1) is 12.9. The molecule has 3 heteroatoms. The van der Waals surface area contributed by atoms with Gasteiger partial charge >= 0.3 is 0 Å². The fraction of sp³-hybridized carbons (Fsp3) is 0.533. The van der Waals surface area contributed by atoms with Gasteiger partial charge in [-0.3, -0.25) is 4.79 Å². The standard InChI is InChI=1S/C15H21NO2/c1-11(2)15(7-8-15)10-16-14(18)9-12-5-3-4-6-13(12)17/h3-6,11,17H,7-10H2,1-2H3,(H,16,18). The van der Waals surface area contributed by atoms with E-state index in [1.165, 1.54) is 12.8 Å². The van der Waals surface area contributed by atoms with E-state index in [-0.39, 0.29) is 18.1 Å². The van der Waals surface area contributed by atoms with Gasteiger partial charge in [0.25, 0.3) is 0 Å². The van der Waals surface area contributed by atoms with Crippen LogP contribution in [0.2, 0.25) is 0 Å². The topological polar surface area (TPSA) is 49.3 Å². The number of hydrogen-bond acceptors (Lipinski definition) is 2. The van der Waals surface area contributed by atoms with Crippen LogP contribution in [0.15, 0.2) is 24.3 Å². The molecule has 0 atom stereocenters. The number of carbonyl (C=O) groups excluding carboxylic acids is 1. The van der Waals surface area contributed by atoms with Crippen LogP contribution in [0.3, 0.4) is 0 Å². The highest BCUT2D eigenvalue weighted by atomic mass is 16.3. The Hall–Kier alpha value is -1.51. The van der Waals surface area contributed by atoms with Gasteiger partial charge in [-0.1, -0.05) is 32.0 Å². The third-order valence-electron chi connectivity index (χ3n) is 4.10. The molecule has 0 aromatic heterocycles. The first-order valence-corrected chi connectivity index (χ1v) is 6.57. The number of aromatic hydroxyl groups is 1. The van der Waals surface area contributed by atoms with Gasteiger partial charge in [0.05, 0.1) is 6.42 Å². The molecule has 0 aliphatic heterocycles. The van der Waals surface area contributed by atoms with E-state index < -0.39 is 0 Å². The van der Waals surface area contributed by atoms with E-state index in [4.69, 9.17) is 0 Å². The van der Waals surface area contributed by atoms with Gasteiger partial charge in [-0.25, -0.2) is 0 Å². The Morgan fingerprint density at radius 1 is 1.39 bits per heavy atom. The summed E-state index contributed by atoms with van der Waals surface area (Å²) < 4.78 is 0. The van der Waals surface area contributed by atoms with Crippen LogP contribution in [0.25, 0.3) is 0 Å². The summed E-state index contributed by atoms with van der Waals surface area (Å²) in [6.45, 7) is 5.18. The van der Waals surface area contributed by atoms with Gasteiger partial charge in [-0.2, -0.15) is 0 Å². The van der Waals surface area contributed by atoms with E-state index in [1.807, 2.05) is 6.07 Å². The highest BCUT2D eigenvalue weighted by Gasteiger charge is 2.45. The summed E-state index contributed by atoms with van der Waals surface area (Å²) in [4.78, 5) is 11.8. The summed E-state index contributed by atoms with van der Waals surface area (Å²) >= 11 is 0. The molecule has 0 unspecified atom stereocenters. The summed E-state index contributed by atoms with van der Waals surface area (Å²) in [6, 6.07) is 6.98. The molecular weight excluding hydrogens is 226 g/mol. The van der Waals surface area contributed by atoms with E-state index in [1.54, 1.807) is 18.2 Å². The summed E-state index contributed by atoms with van der Waals surface area (Å²) in [5.74, 6) is 0.795. The molecular formula is C15H21NO2. The summed E-state index contributed by atoms with van der Waals surface area (Å²) in [5, 5.41) is 12.6. The summed E-state index contributed by atoms with van der Waals surface area (Å²) in [5.41, 5.74) is 1.01. The van der Waals surface area contributed by atoms with E-state index >= 15 is 0 Å². The van der Waals surface area contributed by atoms with Crippen molar-refractivity contribution in [2.45, 2.75) is 33.1 Å². The van der Waals surface area contributed by atoms with Crippen molar-refractivity contribution in [1.29, 1.82) is 0 Å². The number of carbonyl (C=O) groups is 1. The molecule has 0 spiro atoms. The van der Waals surface area contributed by atoms with Gasteiger partial charge in [-0.15, -0.1) is 0 Å². The number of rotatable bonds is 5. The number of hydrogen-bond donors (Lipinski definition) is 2. The monoisotopic (exact) mass is 247 g/mol. The van der Waals surface area contributed by atoms with E-state index in [0.717, 1.165) is 6.54 Å². The molecule has 2 rings (SSSR count). The maximum Gasteiger partial charge on any atom is 0.224 e. The normalized spacial score (nSPS) is 16.6. The lowest BCUT2D eigenvalue weighted by atomic mass is 9.92. The molecule has 98 valence electrons. The van der Waals surface area contributed by atoms with E-state index in [0.29, 0.717) is 16.9 Å². The van der Waals surface area contributed by atoms with Crippen LogP contribution in [0, 0.1) is 11.3 Å². The lowest BCUT2D eigenvalue weighted by molar-refractivity contribution is -0.120. The molecule has 18 heavy (non-hydrogen) atoms. The predicted molar refractivity (Wildman–Crippen MR) is 71.3 cm³/mol. The highest BCUT2D eigenvalue weighted by molar-refractivity contribution is 5.79. The van der Waals surface area contributed by atoms with Gasteiger partial charge < -0.3 is 10.4 Å². The molecule has 0 saturated heterocycles. The second-order valence-electron chi connectivity index (χ2n) is 5.60. The molecule has 1 aromatic rings.